The molecular weight excluding hydrogens is 408 g/mol. The Labute approximate surface area is 190 Å². The molecule has 2 aromatic carbocycles. The van der Waals surface area contributed by atoms with Crippen LogP contribution in [0.3, 0.4) is 0 Å². The van der Waals surface area contributed by atoms with E-state index in [1.54, 1.807) is 21.3 Å². The van der Waals surface area contributed by atoms with Crippen LogP contribution in [0.25, 0.3) is 0 Å². The van der Waals surface area contributed by atoms with Gasteiger partial charge in [-0.25, -0.2) is 0 Å². The van der Waals surface area contributed by atoms with Crippen molar-refractivity contribution in [3.63, 3.8) is 0 Å². The lowest BCUT2D eigenvalue weighted by molar-refractivity contribution is 0.186. The van der Waals surface area contributed by atoms with Crippen LogP contribution in [-0.2, 0) is 0 Å². The lowest BCUT2D eigenvalue weighted by atomic mass is 10.1. The molecule has 8 nitrogen and oxygen atoms in total. The topological polar surface area (TPSA) is 87.6 Å². The van der Waals surface area contributed by atoms with Gasteiger partial charge in [-0.15, -0.1) is 0 Å². The molecule has 0 amide bonds. The van der Waals surface area contributed by atoms with Gasteiger partial charge in [0, 0.05) is 49.6 Å². The highest BCUT2D eigenvalue weighted by Gasteiger charge is 2.24. The molecule has 2 aromatic rings. The van der Waals surface area contributed by atoms with E-state index in [1.807, 2.05) is 49.4 Å². The number of guanidine groups is 1. The molecule has 1 heterocycles. The van der Waals surface area contributed by atoms with Gasteiger partial charge in [-0.2, -0.15) is 0 Å². The number of aliphatic imine (C=N–C) groups is 1. The molecule has 0 radical (unpaired) electrons. The minimum Gasteiger partial charge on any atom is -0.497 e. The summed E-state index contributed by atoms with van der Waals surface area (Å²) in [5.41, 5.74) is 1.85. The summed E-state index contributed by atoms with van der Waals surface area (Å²) in [6, 6.07) is 13.6. The normalized spacial score (nSPS) is 17.1. The largest absolute Gasteiger partial charge is 0.497 e. The number of aliphatic hydroxyl groups excluding tert-OH is 1. The Balaban J connectivity index is 1.62. The Morgan fingerprint density at radius 3 is 2.47 bits per heavy atom. The maximum atomic E-state index is 10.6. The van der Waals surface area contributed by atoms with Crippen LogP contribution in [0.1, 0.15) is 25.0 Å². The zero-order valence-corrected chi connectivity index (χ0v) is 19.3. The fraction of sp³-hybridized carbons (Fsp3) is 0.458. The number of rotatable bonds is 9. The molecule has 3 rings (SSSR count). The smallest absolute Gasteiger partial charge is 0.191 e. The molecule has 8 heteroatoms. The van der Waals surface area contributed by atoms with E-state index in [0.29, 0.717) is 5.96 Å². The minimum absolute atomic E-state index is 0.235. The van der Waals surface area contributed by atoms with Crippen LogP contribution in [0.5, 0.6) is 17.2 Å². The zero-order valence-electron chi connectivity index (χ0n) is 19.3. The van der Waals surface area contributed by atoms with Crippen LogP contribution in [0.2, 0.25) is 0 Å². The number of hydrogen-bond acceptors (Lipinski definition) is 6. The number of aliphatic hydroxyl groups is 1. The summed E-state index contributed by atoms with van der Waals surface area (Å²) in [5.74, 6) is 2.97. The van der Waals surface area contributed by atoms with Crippen molar-refractivity contribution in [3.05, 3.63) is 48.0 Å². The lowest BCUT2D eigenvalue weighted by Crippen LogP contribution is -2.44. The molecule has 174 valence electrons. The minimum atomic E-state index is -0.704. The van der Waals surface area contributed by atoms with Crippen molar-refractivity contribution in [1.82, 2.24) is 10.6 Å². The monoisotopic (exact) mass is 442 g/mol. The summed E-state index contributed by atoms with van der Waals surface area (Å²) in [4.78, 5) is 6.91. The van der Waals surface area contributed by atoms with Gasteiger partial charge in [0.15, 0.2) is 5.96 Å². The first-order valence-electron chi connectivity index (χ1n) is 10.9. The van der Waals surface area contributed by atoms with Crippen molar-refractivity contribution in [2.24, 2.45) is 4.99 Å². The van der Waals surface area contributed by atoms with Crippen molar-refractivity contribution < 1.29 is 19.3 Å². The van der Waals surface area contributed by atoms with Gasteiger partial charge in [0.25, 0.3) is 0 Å². The third kappa shape index (κ3) is 6.20. The fourth-order valence-corrected chi connectivity index (χ4v) is 3.73. The van der Waals surface area contributed by atoms with Crippen molar-refractivity contribution in [3.8, 4) is 17.2 Å². The van der Waals surface area contributed by atoms with Gasteiger partial charge in [0.1, 0.15) is 17.2 Å². The summed E-state index contributed by atoms with van der Waals surface area (Å²) in [5, 5.41) is 17.3. The highest BCUT2D eigenvalue weighted by molar-refractivity contribution is 5.80. The van der Waals surface area contributed by atoms with Crippen molar-refractivity contribution in [2.45, 2.75) is 25.5 Å². The van der Waals surface area contributed by atoms with Crippen LogP contribution in [-0.4, -0.2) is 64.6 Å². The van der Waals surface area contributed by atoms with Crippen LogP contribution in [0.4, 0.5) is 5.69 Å². The number of nitrogens with zero attached hydrogens (tertiary/aromatic N) is 2. The first-order chi connectivity index (χ1) is 15.6. The Morgan fingerprint density at radius 1 is 1.09 bits per heavy atom. The highest BCUT2D eigenvalue weighted by atomic mass is 16.5. The maximum absolute atomic E-state index is 10.6. The lowest BCUT2D eigenvalue weighted by Gasteiger charge is -2.21. The number of hydrogen-bond donors (Lipinski definition) is 3. The van der Waals surface area contributed by atoms with E-state index in [1.165, 1.54) is 0 Å². The molecule has 2 atom stereocenters. The van der Waals surface area contributed by atoms with E-state index in [9.17, 15) is 5.11 Å². The van der Waals surface area contributed by atoms with Gasteiger partial charge in [-0.3, -0.25) is 4.99 Å². The molecule has 0 aromatic heterocycles. The Kier molecular flexibility index (Phi) is 8.44. The van der Waals surface area contributed by atoms with Crippen molar-refractivity contribution in [2.75, 3.05) is 52.4 Å². The molecule has 32 heavy (non-hydrogen) atoms. The predicted octanol–water partition coefficient (Wildman–Crippen LogP) is 2.58. The molecular formula is C24H34N4O4. The second kappa shape index (κ2) is 11.5. The summed E-state index contributed by atoms with van der Waals surface area (Å²) < 4.78 is 16.0. The summed E-state index contributed by atoms with van der Waals surface area (Å²) in [6.07, 6.45) is 0.271. The number of benzene rings is 2. The third-order valence-corrected chi connectivity index (χ3v) is 5.48. The van der Waals surface area contributed by atoms with Gasteiger partial charge in [-0.1, -0.05) is 12.1 Å². The van der Waals surface area contributed by atoms with E-state index in [4.69, 9.17) is 14.2 Å². The van der Waals surface area contributed by atoms with Gasteiger partial charge >= 0.3 is 0 Å². The second-order valence-corrected chi connectivity index (χ2v) is 7.66. The Hall–Kier alpha value is -3.13. The molecule has 1 aliphatic rings. The van der Waals surface area contributed by atoms with E-state index in [0.717, 1.165) is 54.6 Å². The fourth-order valence-electron chi connectivity index (χ4n) is 3.73. The Bertz CT molecular complexity index is 883. The SMILES string of the molecule is CCNC(=NCC(O)c1cccc(OC)c1)NC1CCN(c2cc(OC)cc(OC)c2)C1. The molecule has 2 unspecified atom stereocenters. The molecule has 1 saturated heterocycles. The molecule has 0 bridgehead atoms. The summed E-state index contributed by atoms with van der Waals surface area (Å²) in [7, 11) is 4.93. The van der Waals surface area contributed by atoms with Crippen LogP contribution in [0, 0.1) is 0 Å². The average molecular weight is 443 g/mol. The van der Waals surface area contributed by atoms with Crippen LogP contribution in [0.15, 0.2) is 47.5 Å². The zero-order chi connectivity index (χ0) is 22.9. The van der Waals surface area contributed by atoms with Crippen LogP contribution >= 0.6 is 0 Å². The Morgan fingerprint density at radius 2 is 1.81 bits per heavy atom. The summed E-state index contributed by atoms with van der Waals surface area (Å²) in [6.45, 7) is 4.77. The highest BCUT2D eigenvalue weighted by Crippen LogP contribution is 2.30. The maximum Gasteiger partial charge on any atom is 0.191 e. The van der Waals surface area contributed by atoms with Crippen molar-refractivity contribution in [1.29, 1.82) is 0 Å². The molecule has 3 N–H and O–H groups in total. The summed E-state index contributed by atoms with van der Waals surface area (Å²) >= 11 is 0. The van der Waals surface area contributed by atoms with Gasteiger partial charge in [0.05, 0.1) is 34.0 Å². The molecule has 1 aliphatic heterocycles. The molecule has 0 spiro atoms. The number of nitrogens with one attached hydrogen (secondary N) is 2. The third-order valence-electron chi connectivity index (χ3n) is 5.48. The quantitative estimate of drug-likeness (QED) is 0.406. The molecule has 0 saturated carbocycles. The van der Waals surface area contributed by atoms with E-state index in [2.05, 4.69) is 20.5 Å². The van der Waals surface area contributed by atoms with E-state index in [-0.39, 0.29) is 12.6 Å². The molecule has 1 fully saturated rings. The average Bonchev–Trinajstić information content (AvgIpc) is 3.30. The number of methoxy groups -OCH3 is 3. The first-order valence-corrected chi connectivity index (χ1v) is 10.9. The second-order valence-electron chi connectivity index (χ2n) is 7.66. The van der Waals surface area contributed by atoms with E-state index < -0.39 is 6.10 Å². The first kappa shape index (κ1) is 23.5. The van der Waals surface area contributed by atoms with Gasteiger partial charge in [0.2, 0.25) is 0 Å². The number of ether oxygens (including phenoxy) is 3. The number of anilines is 1. The predicted molar refractivity (Wildman–Crippen MR) is 127 cm³/mol. The van der Waals surface area contributed by atoms with Gasteiger partial charge < -0.3 is 34.9 Å². The van der Waals surface area contributed by atoms with Gasteiger partial charge in [-0.05, 0) is 31.0 Å². The standard InChI is InChI=1S/C24H34N4O4/c1-5-25-24(26-15-23(29)17-7-6-8-20(11-17)30-2)27-18-9-10-28(16-18)19-12-21(31-3)14-22(13-19)32-4/h6-8,11-14,18,23,29H,5,9-10,15-16H2,1-4H3,(H2,25,26,27). The van der Waals surface area contributed by atoms with Crippen LogP contribution < -0.4 is 29.7 Å². The van der Waals surface area contributed by atoms with E-state index >= 15 is 0 Å². The van der Waals surface area contributed by atoms with Crippen molar-refractivity contribution >= 4 is 11.6 Å². The molecule has 0 aliphatic carbocycles.